The van der Waals surface area contributed by atoms with Gasteiger partial charge in [0.25, 0.3) is 0 Å². The number of halogens is 1. The van der Waals surface area contributed by atoms with E-state index in [1.165, 1.54) is 0 Å². The van der Waals surface area contributed by atoms with Crippen molar-refractivity contribution in [3.8, 4) is 0 Å². The highest BCUT2D eigenvalue weighted by molar-refractivity contribution is 6.62. The molecule has 0 bridgehead atoms. The molecule has 2 aromatic rings. The third-order valence-electron chi connectivity index (χ3n) is 4.06. The van der Waals surface area contributed by atoms with Crippen LogP contribution in [-0.4, -0.2) is 28.5 Å². The second kappa shape index (κ2) is 3.98. The zero-order chi connectivity index (χ0) is 13.8. The lowest BCUT2D eigenvalue weighted by molar-refractivity contribution is 0.00578. The van der Waals surface area contributed by atoms with E-state index in [9.17, 15) is 0 Å². The van der Waals surface area contributed by atoms with Gasteiger partial charge in [0.05, 0.1) is 16.7 Å². The van der Waals surface area contributed by atoms with E-state index in [-0.39, 0.29) is 18.3 Å². The molecule has 1 aromatic carbocycles. The quantitative estimate of drug-likeness (QED) is 0.815. The molecule has 3 rings (SSSR count). The molecule has 0 spiro atoms. The molecule has 4 nitrogen and oxygen atoms in total. The molecule has 19 heavy (non-hydrogen) atoms. The van der Waals surface area contributed by atoms with Gasteiger partial charge in [0, 0.05) is 5.39 Å². The van der Waals surface area contributed by atoms with Crippen molar-refractivity contribution < 1.29 is 9.31 Å². The lowest BCUT2D eigenvalue weighted by atomic mass is 9.79. The van der Waals surface area contributed by atoms with Crippen molar-refractivity contribution in [2.24, 2.45) is 0 Å². The molecule has 0 atom stereocenters. The van der Waals surface area contributed by atoms with Gasteiger partial charge in [0.1, 0.15) is 5.15 Å². The maximum atomic E-state index is 6.06. The fourth-order valence-electron chi connectivity index (χ4n) is 2.12. The second-order valence-electron chi connectivity index (χ2n) is 5.90. The number of benzene rings is 1. The molecule has 0 saturated carbocycles. The Balaban J connectivity index is 2.00. The first-order valence-electron chi connectivity index (χ1n) is 6.29. The largest absolute Gasteiger partial charge is 0.494 e. The van der Waals surface area contributed by atoms with Gasteiger partial charge < -0.3 is 9.31 Å². The normalized spacial score (nSPS) is 21.2. The zero-order valence-corrected chi connectivity index (χ0v) is 12.2. The van der Waals surface area contributed by atoms with E-state index in [1.54, 1.807) is 0 Å². The van der Waals surface area contributed by atoms with E-state index < -0.39 is 0 Å². The Kier molecular flexibility index (Phi) is 2.72. The molecule has 6 heteroatoms. The summed E-state index contributed by atoms with van der Waals surface area (Å²) in [6.45, 7) is 8.15. The molecule has 1 N–H and O–H groups in total. The van der Waals surface area contributed by atoms with Crippen molar-refractivity contribution >= 4 is 35.1 Å². The third-order valence-corrected chi connectivity index (χ3v) is 4.35. The number of aromatic nitrogens is 2. The van der Waals surface area contributed by atoms with Gasteiger partial charge in [-0.05, 0) is 45.3 Å². The van der Waals surface area contributed by atoms with Crippen molar-refractivity contribution in [3.63, 3.8) is 0 Å². The van der Waals surface area contributed by atoms with Gasteiger partial charge >= 0.3 is 7.12 Å². The van der Waals surface area contributed by atoms with Gasteiger partial charge in [-0.15, -0.1) is 0 Å². The van der Waals surface area contributed by atoms with Crippen LogP contribution in [0, 0.1) is 0 Å². The van der Waals surface area contributed by atoms with E-state index in [2.05, 4.69) is 10.2 Å². The predicted octanol–water partition coefficient (Wildman–Crippen LogP) is 2.52. The topological polar surface area (TPSA) is 47.1 Å². The van der Waals surface area contributed by atoms with E-state index >= 15 is 0 Å². The summed E-state index contributed by atoms with van der Waals surface area (Å²) in [5.74, 6) is 0. The summed E-state index contributed by atoms with van der Waals surface area (Å²) in [4.78, 5) is 0. The van der Waals surface area contributed by atoms with Crippen LogP contribution in [0.3, 0.4) is 0 Å². The molecule has 1 fully saturated rings. The number of fused-ring (bicyclic) bond motifs is 1. The van der Waals surface area contributed by atoms with E-state index in [1.807, 2.05) is 45.9 Å². The molecule has 1 aromatic heterocycles. The Morgan fingerprint density at radius 3 is 2.42 bits per heavy atom. The van der Waals surface area contributed by atoms with Crippen molar-refractivity contribution in [3.05, 3.63) is 23.4 Å². The smallest absolute Gasteiger partial charge is 0.399 e. The SMILES string of the molecule is CC1(C)OB(c2ccc3n[nH]c(Cl)c3c2)OC1(C)C. The molecule has 0 aliphatic carbocycles. The van der Waals surface area contributed by atoms with Gasteiger partial charge in [-0.25, -0.2) is 0 Å². The first-order chi connectivity index (χ1) is 8.80. The van der Waals surface area contributed by atoms with Crippen molar-refractivity contribution in [1.29, 1.82) is 0 Å². The minimum absolute atomic E-state index is 0.340. The number of nitrogens with one attached hydrogen (secondary N) is 1. The Bertz CT molecular complexity index is 623. The van der Waals surface area contributed by atoms with Crippen LogP contribution in [0.25, 0.3) is 10.9 Å². The van der Waals surface area contributed by atoms with Crippen molar-refractivity contribution in [1.82, 2.24) is 10.2 Å². The molecule has 0 unspecified atom stereocenters. The van der Waals surface area contributed by atoms with Crippen LogP contribution in [0.1, 0.15) is 27.7 Å². The fraction of sp³-hybridized carbons (Fsp3) is 0.462. The highest BCUT2D eigenvalue weighted by atomic mass is 35.5. The van der Waals surface area contributed by atoms with Crippen LogP contribution in [0.4, 0.5) is 0 Å². The predicted molar refractivity (Wildman–Crippen MR) is 76.8 cm³/mol. The molecular formula is C13H16BClN2O2. The highest BCUT2D eigenvalue weighted by Gasteiger charge is 2.51. The van der Waals surface area contributed by atoms with Gasteiger partial charge in [0.2, 0.25) is 0 Å². The molecule has 2 heterocycles. The van der Waals surface area contributed by atoms with Crippen LogP contribution in [0.5, 0.6) is 0 Å². The molecular weight excluding hydrogens is 262 g/mol. The molecule has 0 amide bonds. The number of hydrogen-bond donors (Lipinski definition) is 1. The maximum Gasteiger partial charge on any atom is 0.494 e. The van der Waals surface area contributed by atoms with Gasteiger partial charge in [-0.2, -0.15) is 5.10 Å². The number of aromatic amines is 1. The summed E-state index contributed by atoms with van der Waals surface area (Å²) in [5.41, 5.74) is 1.11. The molecule has 1 aliphatic heterocycles. The Hall–Kier alpha value is -1.04. The van der Waals surface area contributed by atoms with Crippen LogP contribution >= 0.6 is 11.6 Å². The third kappa shape index (κ3) is 1.97. The number of hydrogen-bond acceptors (Lipinski definition) is 3. The second-order valence-corrected chi connectivity index (χ2v) is 6.28. The van der Waals surface area contributed by atoms with Crippen LogP contribution in [0.15, 0.2) is 18.2 Å². The zero-order valence-electron chi connectivity index (χ0n) is 11.5. The van der Waals surface area contributed by atoms with Crippen LogP contribution in [-0.2, 0) is 9.31 Å². The van der Waals surface area contributed by atoms with Crippen LogP contribution in [0.2, 0.25) is 5.15 Å². The number of rotatable bonds is 1. The first-order valence-corrected chi connectivity index (χ1v) is 6.67. The minimum atomic E-state index is -0.375. The maximum absolute atomic E-state index is 6.06. The van der Waals surface area contributed by atoms with E-state index in [0.717, 1.165) is 16.4 Å². The monoisotopic (exact) mass is 278 g/mol. The fourth-order valence-corrected chi connectivity index (χ4v) is 2.32. The van der Waals surface area contributed by atoms with E-state index in [0.29, 0.717) is 5.15 Å². The lowest BCUT2D eigenvalue weighted by Gasteiger charge is -2.32. The van der Waals surface area contributed by atoms with E-state index in [4.69, 9.17) is 20.9 Å². The Morgan fingerprint density at radius 1 is 1.16 bits per heavy atom. The summed E-state index contributed by atoms with van der Waals surface area (Å²) in [5, 5.41) is 8.28. The first kappa shape index (κ1) is 13.0. The van der Waals surface area contributed by atoms with Gasteiger partial charge in [0.15, 0.2) is 0 Å². The highest BCUT2D eigenvalue weighted by Crippen LogP contribution is 2.36. The Morgan fingerprint density at radius 2 is 1.79 bits per heavy atom. The Labute approximate surface area is 117 Å². The standard InChI is InChI=1S/C13H16BClN2O2/c1-12(2)13(3,4)19-14(18-12)8-5-6-10-9(7-8)11(15)17-16-10/h5-7H,1-4H3,(H,16,17). The summed E-state index contributed by atoms with van der Waals surface area (Å²) in [6, 6.07) is 5.84. The summed E-state index contributed by atoms with van der Waals surface area (Å²) >= 11 is 6.06. The average molecular weight is 279 g/mol. The summed E-state index contributed by atoms with van der Waals surface area (Å²) in [6.07, 6.45) is 0. The minimum Gasteiger partial charge on any atom is -0.399 e. The number of nitrogens with zero attached hydrogens (tertiary/aromatic N) is 1. The molecule has 1 saturated heterocycles. The summed E-state index contributed by atoms with van der Waals surface area (Å²) < 4.78 is 12.0. The van der Waals surface area contributed by atoms with Gasteiger partial charge in [-0.3, -0.25) is 5.10 Å². The van der Waals surface area contributed by atoms with Crippen molar-refractivity contribution in [2.45, 2.75) is 38.9 Å². The average Bonchev–Trinajstić information content (AvgIpc) is 2.78. The van der Waals surface area contributed by atoms with Crippen molar-refractivity contribution in [2.75, 3.05) is 0 Å². The lowest BCUT2D eigenvalue weighted by Crippen LogP contribution is -2.41. The molecule has 1 aliphatic rings. The number of H-pyrrole nitrogens is 1. The van der Waals surface area contributed by atoms with Crippen LogP contribution < -0.4 is 5.46 Å². The molecule has 100 valence electrons. The molecule has 0 radical (unpaired) electrons. The summed E-state index contributed by atoms with van der Waals surface area (Å²) in [7, 11) is -0.375. The van der Waals surface area contributed by atoms with Gasteiger partial charge in [-0.1, -0.05) is 17.7 Å².